The number of hydrogen-bond donors (Lipinski definition) is 3. The van der Waals surface area contributed by atoms with E-state index in [2.05, 4.69) is 11.6 Å². The van der Waals surface area contributed by atoms with Crippen LogP contribution >= 0.6 is 0 Å². The van der Waals surface area contributed by atoms with Gasteiger partial charge in [-0.1, -0.05) is 13.5 Å². The van der Waals surface area contributed by atoms with E-state index in [4.69, 9.17) is 17.2 Å². The summed E-state index contributed by atoms with van der Waals surface area (Å²) in [5, 5.41) is 0. The molecule has 0 saturated heterocycles. The first-order valence-corrected chi connectivity index (χ1v) is 3.96. The Balaban J connectivity index is 4.97. The van der Waals surface area contributed by atoms with E-state index in [0.717, 1.165) is 0 Å². The largest absolute Gasteiger partial charge is 0.399 e. The van der Waals surface area contributed by atoms with Crippen molar-refractivity contribution < 1.29 is 0 Å². The number of guanidine groups is 1. The van der Waals surface area contributed by atoms with Crippen LogP contribution in [-0.2, 0) is 0 Å². The van der Waals surface area contributed by atoms with Crippen molar-refractivity contribution in [1.29, 1.82) is 0 Å². The molecule has 6 N–H and O–H groups in total. The quantitative estimate of drug-likeness (QED) is 0.418. The van der Waals surface area contributed by atoms with Gasteiger partial charge in [0, 0.05) is 7.05 Å². The normalized spacial score (nSPS) is 11.5. The van der Waals surface area contributed by atoms with Crippen LogP contribution in [0.5, 0.6) is 0 Å². The van der Waals surface area contributed by atoms with Crippen molar-refractivity contribution >= 4 is 5.96 Å². The van der Waals surface area contributed by atoms with Crippen LogP contribution in [0.1, 0.15) is 13.3 Å². The molecule has 0 rings (SSSR count). The van der Waals surface area contributed by atoms with Gasteiger partial charge in [0.05, 0.1) is 5.70 Å². The molecule has 5 heteroatoms. The van der Waals surface area contributed by atoms with E-state index in [-0.39, 0.29) is 5.96 Å². The lowest BCUT2D eigenvalue weighted by atomic mass is 10.3. The SMILES string of the molecule is C=CN(C)/C(N=C(N)N)=C(\N)CC. The minimum atomic E-state index is -0.0138. The van der Waals surface area contributed by atoms with Gasteiger partial charge in [0.15, 0.2) is 11.8 Å². The minimum Gasteiger partial charge on any atom is -0.399 e. The van der Waals surface area contributed by atoms with Gasteiger partial charge < -0.3 is 22.1 Å². The number of allylic oxidation sites excluding steroid dienone is 1. The van der Waals surface area contributed by atoms with E-state index in [1.54, 1.807) is 18.1 Å². The van der Waals surface area contributed by atoms with E-state index in [1.807, 2.05) is 6.92 Å². The average Bonchev–Trinajstić information content (AvgIpc) is 2.11. The molecule has 0 aliphatic carbocycles. The van der Waals surface area contributed by atoms with Crippen molar-refractivity contribution in [2.75, 3.05) is 7.05 Å². The lowest BCUT2D eigenvalue weighted by Gasteiger charge is -2.16. The molecule has 0 atom stereocenters. The van der Waals surface area contributed by atoms with Crippen molar-refractivity contribution in [3.63, 3.8) is 0 Å². The van der Waals surface area contributed by atoms with Crippen molar-refractivity contribution in [1.82, 2.24) is 4.90 Å². The van der Waals surface area contributed by atoms with Crippen LogP contribution in [0, 0.1) is 0 Å². The van der Waals surface area contributed by atoms with Gasteiger partial charge in [-0.3, -0.25) is 0 Å². The van der Waals surface area contributed by atoms with Gasteiger partial charge in [0.2, 0.25) is 0 Å². The van der Waals surface area contributed by atoms with Crippen LogP contribution in [0.3, 0.4) is 0 Å². The topological polar surface area (TPSA) is 93.7 Å². The highest BCUT2D eigenvalue weighted by Crippen LogP contribution is 2.08. The molecule has 0 amide bonds. The van der Waals surface area contributed by atoms with Gasteiger partial charge in [0.25, 0.3) is 0 Å². The molecule has 74 valence electrons. The molecule has 0 aliphatic heterocycles. The lowest BCUT2D eigenvalue weighted by Crippen LogP contribution is -2.25. The Hall–Kier alpha value is -1.65. The van der Waals surface area contributed by atoms with Gasteiger partial charge in [-0.15, -0.1) is 0 Å². The van der Waals surface area contributed by atoms with Gasteiger partial charge in [0.1, 0.15) is 0 Å². The second-order valence-corrected chi connectivity index (χ2v) is 2.53. The van der Waals surface area contributed by atoms with Crippen LogP contribution in [0.4, 0.5) is 0 Å². The summed E-state index contributed by atoms with van der Waals surface area (Å²) in [6, 6.07) is 0. The molecule has 0 aliphatic rings. The summed E-state index contributed by atoms with van der Waals surface area (Å²) in [6.07, 6.45) is 2.27. The number of nitrogens with two attached hydrogens (primary N) is 3. The van der Waals surface area contributed by atoms with Crippen LogP contribution in [-0.4, -0.2) is 17.9 Å². The molecule has 0 unspecified atom stereocenters. The third-order valence-electron chi connectivity index (χ3n) is 1.51. The molecule has 13 heavy (non-hydrogen) atoms. The average molecular weight is 183 g/mol. The zero-order chi connectivity index (χ0) is 10.4. The highest BCUT2D eigenvalue weighted by Gasteiger charge is 2.04. The monoisotopic (exact) mass is 183 g/mol. The molecular formula is C8H17N5. The van der Waals surface area contributed by atoms with Gasteiger partial charge in [-0.05, 0) is 12.6 Å². The Bertz CT molecular complexity index is 237. The number of rotatable bonds is 4. The number of nitrogens with zero attached hydrogens (tertiary/aromatic N) is 2. The molecule has 0 fully saturated rings. The van der Waals surface area contributed by atoms with Gasteiger partial charge >= 0.3 is 0 Å². The molecule has 0 aromatic heterocycles. The highest BCUT2D eigenvalue weighted by molar-refractivity contribution is 5.76. The van der Waals surface area contributed by atoms with Crippen molar-refractivity contribution in [2.45, 2.75) is 13.3 Å². The predicted octanol–water partition coefficient (Wildman–Crippen LogP) is -0.127. The Labute approximate surface area is 78.6 Å². The molecule has 0 heterocycles. The molecule has 0 aromatic rings. The summed E-state index contributed by atoms with van der Waals surface area (Å²) in [7, 11) is 1.78. The summed E-state index contributed by atoms with van der Waals surface area (Å²) >= 11 is 0. The fourth-order valence-corrected chi connectivity index (χ4v) is 0.744. The molecular weight excluding hydrogens is 166 g/mol. The smallest absolute Gasteiger partial charge is 0.192 e. The Kier molecular flexibility index (Phi) is 4.43. The van der Waals surface area contributed by atoms with E-state index >= 15 is 0 Å². The summed E-state index contributed by atoms with van der Waals surface area (Å²) < 4.78 is 0. The van der Waals surface area contributed by atoms with Crippen LogP contribution in [0.2, 0.25) is 0 Å². The van der Waals surface area contributed by atoms with Crippen LogP contribution in [0.15, 0.2) is 29.3 Å². The highest BCUT2D eigenvalue weighted by atomic mass is 15.2. The Morgan fingerprint density at radius 3 is 2.31 bits per heavy atom. The van der Waals surface area contributed by atoms with Crippen LogP contribution < -0.4 is 17.2 Å². The minimum absolute atomic E-state index is 0.0138. The molecule has 0 aromatic carbocycles. The van der Waals surface area contributed by atoms with Gasteiger partial charge in [-0.2, -0.15) is 4.99 Å². The predicted molar refractivity (Wildman–Crippen MR) is 55.3 cm³/mol. The maximum absolute atomic E-state index is 5.71. The third-order valence-corrected chi connectivity index (χ3v) is 1.51. The Morgan fingerprint density at radius 1 is 1.46 bits per heavy atom. The second-order valence-electron chi connectivity index (χ2n) is 2.53. The van der Waals surface area contributed by atoms with Crippen LogP contribution in [0.25, 0.3) is 0 Å². The fourth-order valence-electron chi connectivity index (χ4n) is 0.744. The maximum Gasteiger partial charge on any atom is 0.192 e. The molecule has 0 spiro atoms. The van der Waals surface area contributed by atoms with E-state index < -0.39 is 0 Å². The maximum atomic E-state index is 5.71. The summed E-state index contributed by atoms with van der Waals surface area (Å²) in [5.41, 5.74) is 16.8. The number of hydrogen-bond acceptors (Lipinski definition) is 3. The zero-order valence-corrected chi connectivity index (χ0v) is 8.12. The summed E-state index contributed by atoms with van der Waals surface area (Å²) in [4.78, 5) is 5.57. The lowest BCUT2D eigenvalue weighted by molar-refractivity contribution is 0.550. The molecule has 0 radical (unpaired) electrons. The second kappa shape index (κ2) is 5.08. The van der Waals surface area contributed by atoms with E-state index in [0.29, 0.717) is 17.9 Å². The first kappa shape index (κ1) is 11.4. The zero-order valence-electron chi connectivity index (χ0n) is 8.12. The third kappa shape index (κ3) is 3.50. The van der Waals surface area contributed by atoms with E-state index in [9.17, 15) is 0 Å². The van der Waals surface area contributed by atoms with Crippen molar-refractivity contribution in [3.8, 4) is 0 Å². The first-order chi connectivity index (χ1) is 6.02. The standard InChI is InChI=1S/C8H17N5/c1-4-6(9)7(12-8(10)11)13(3)5-2/h5H,2,4,9H2,1,3H3,(H4,10,11,12)/b7-6-. The molecule has 0 saturated carbocycles. The summed E-state index contributed by atoms with van der Waals surface area (Å²) in [5.74, 6) is 0.526. The van der Waals surface area contributed by atoms with E-state index in [1.165, 1.54) is 0 Å². The fraction of sp³-hybridized carbons (Fsp3) is 0.375. The molecule has 5 nitrogen and oxygen atoms in total. The number of aliphatic imine (C=N–C) groups is 1. The first-order valence-electron chi connectivity index (χ1n) is 3.96. The summed E-state index contributed by atoms with van der Waals surface area (Å²) in [6.45, 7) is 5.52. The van der Waals surface area contributed by atoms with Crippen molar-refractivity contribution in [3.05, 3.63) is 24.3 Å². The van der Waals surface area contributed by atoms with Gasteiger partial charge in [-0.25, -0.2) is 0 Å². The Morgan fingerprint density at radius 2 is 2.00 bits per heavy atom. The molecule has 0 bridgehead atoms. The van der Waals surface area contributed by atoms with Crippen molar-refractivity contribution in [2.24, 2.45) is 22.2 Å².